The summed E-state index contributed by atoms with van der Waals surface area (Å²) in [7, 11) is 0. The molecule has 7 nitrogen and oxygen atoms in total. The normalized spacial score (nSPS) is 20.1. The van der Waals surface area contributed by atoms with Gasteiger partial charge in [-0.1, -0.05) is 69.3 Å². The zero-order valence-electron chi connectivity index (χ0n) is 32.6. The molecular weight excluding hydrogens is 690 g/mol. The van der Waals surface area contributed by atoms with Crippen molar-refractivity contribution >= 4 is 23.1 Å². The second kappa shape index (κ2) is 16.8. The van der Waals surface area contributed by atoms with Crippen molar-refractivity contribution in [2.75, 3.05) is 5.32 Å². The van der Waals surface area contributed by atoms with Crippen molar-refractivity contribution in [2.45, 2.75) is 110 Å². The van der Waals surface area contributed by atoms with Crippen molar-refractivity contribution in [1.29, 1.82) is 0 Å². The molecule has 290 valence electrons. The molecule has 2 saturated carbocycles. The fraction of sp³-hybridized carbons (Fsp3) is 0.468. The van der Waals surface area contributed by atoms with Crippen LogP contribution in [0.5, 0.6) is 0 Å². The number of Topliss-reactive ketones (excluding diaryl/α,β-unsaturated/α-hetero) is 1. The standard InChI is InChI=1S/C47H56FN3O4/c1-28(2)45-44(47(55)50-36-13-9-6-10-14-36)42(31-11-7-5-8-12-31)46(34-19-21-35(48)22-20-34)51(45)24-23-37(52)26-38(53)27-40(54)43(39-25-29(3)30(4)49-39)41(32-15-16-32)33-17-18-33/h5-14,19-22,28-30,32-33,37-38,41,43,52-53H,15-18,23-27H2,1-4H3,(H,50,55)/t29?,30?,37-,38-,43?/m1/s1. The van der Waals surface area contributed by atoms with E-state index in [1.807, 2.05) is 74.5 Å². The van der Waals surface area contributed by atoms with Crippen LogP contribution < -0.4 is 5.32 Å². The number of aliphatic imine (C=N–C) groups is 1. The summed E-state index contributed by atoms with van der Waals surface area (Å²) in [6, 6.07) is 25.6. The average Bonchev–Trinajstić information content (AvgIpc) is 4.10. The topological polar surface area (TPSA) is 104 Å². The minimum absolute atomic E-state index is 0.00298. The first kappa shape index (κ1) is 38.9. The lowest BCUT2D eigenvalue weighted by Crippen LogP contribution is -2.36. The Bertz CT molecular complexity index is 1970. The summed E-state index contributed by atoms with van der Waals surface area (Å²) in [5.41, 5.74) is 6.09. The lowest BCUT2D eigenvalue weighted by Gasteiger charge is -2.28. The maximum atomic E-state index is 14.4. The molecule has 5 atom stereocenters. The van der Waals surface area contributed by atoms with Gasteiger partial charge in [-0.2, -0.15) is 0 Å². The van der Waals surface area contributed by atoms with Gasteiger partial charge in [-0.05, 0) is 129 Å². The van der Waals surface area contributed by atoms with Gasteiger partial charge in [-0.3, -0.25) is 14.6 Å². The van der Waals surface area contributed by atoms with Crippen molar-refractivity contribution in [1.82, 2.24) is 4.57 Å². The molecule has 0 radical (unpaired) electrons. The third kappa shape index (κ3) is 8.86. The third-order valence-corrected chi connectivity index (χ3v) is 12.1. The Morgan fingerprint density at radius 3 is 2.04 bits per heavy atom. The molecular formula is C47H56FN3O4. The largest absolute Gasteiger partial charge is 0.393 e. The first-order chi connectivity index (χ1) is 26.5. The van der Waals surface area contributed by atoms with Gasteiger partial charge in [-0.25, -0.2) is 4.39 Å². The number of aliphatic hydroxyl groups excluding tert-OH is 2. The number of halogens is 1. The van der Waals surface area contributed by atoms with E-state index in [4.69, 9.17) is 4.99 Å². The average molecular weight is 746 g/mol. The van der Waals surface area contributed by atoms with Crippen molar-refractivity contribution in [2.24, 2.45) is 34.6 Å². The summed E-state index contributed by atoms with van der Waals surface area (Å²) in [4.78, 5) is 33.5. The van der Waals surface area contributed by atoms with E-state index in [-0.39, 0.29) is 54.6 Å². The van der Waals surface area contributed by atoms with Crippen LogP contribution in [0.3, 0.4) is 0 Å². The van der Waals surface area contributed by atoms with Crippen LogP contribution in [0.15, 0.2) is 89.9 Å². The van der Waals surface area contributed by atoms with Gasteiger partial charge in [0.1, 0.15) is 11.6 Å². The fourth-order valence-corrected chi connectivity index (χ4v) is 9.02. The molecule has 0 bridgehead atoms. The van der Waals surface area contributed by atoms with Crippen molar-refractivity contribution in [3.8, 4) is 22.4 Å². The quantitative estimate of drug-likeness (QED) is 0.100. The first-order valence-electron chi connectivity index (χ1n) is 20.4. The molecule has 0 spiro atoms. The zero-order valence-corrected chi connectivity index (χ0v) is 32.6. The second-order valence-corrected chi connectivity index (χ2v) is 16.8. The molecule has 3 aliphatic rings. The van der Waals surface area contributed by atoms with E-state index in [0.717, 1.165) is 40.2 Å². The van der Waals surface area contributed by atoms with Gasteiger partial charge in [0, 0.05) is 41.7 Å². The number of nitrogens with zero attached hydrogens (tertiary/aromatic N) is 2. The summed E-state index contributed by atoms with van der Waals surface area (Å²) in [5.74, 6) is 0.996. The van der Waals surface area contributed by atoms with E-state index < -0.39 is 12.2 Å². The number of hydrogen-bond donors (Lipinski definition) is 3. The number of aromatic nitrogens is 1. The van der Waals surface area contributed by atoms with Crippen LogP contribution in [-0.2, 0) is 11.3 Å². The molecule has 3 aromatic carbocycles. The highest BCUT2D eigenvalue weighted by Crippen LogP contribution is 2.54. The van der Waals surface area contributed by atoms with Crippen LogP contribution in [0.1, 0.15) is 101 Å². The molecule has 1 amide bonds. The van der Waals surface area contributed by atoms with Gasteiger partial charge in [0.2, 0.25) is 0 Å². The number of rotatable bonds is 17. The van der Waals surface area contributed by atoms with E-state index in [0.29, 0.717) is 41.5 Å². The molecule has 7 rings (SSSR count). The van der Waals surface area contributed by atoms with Crippen molar-refractivity contribution in [3.63, 3.8) is 0 Å². The number of amides is 1. The summed E-state index contributed by atoms with van der Waals surface area (Å²) in [6.45, 7) is 8.76. The monoisotopic (exact) mass is 745 g/mol. The minimum Gasteiger partial charge on any atom is -0.393 e. The molecule has 3 N–H and O–H groups in total. The van der Waals surface area contributed by atoms with Gasteiger partial charge >= 0.3 is 0 Å². The summed E-state index contributed by atoms with van der Waals surface area (Å²) < 4.78 is 16.4. The van der Waals surface area contributed by atoms with Crippen LogP contribution >= 0.6 is 0 Å². The SMILES string of the molecule is CC(C)c1c(C(=O)Nc2ccccc2)c(-c2ccccc2)c(-c2ccc(F)cc2)n1CC[C@@H](O)C[C@@H](O)CC(=O)C(C1=NC(C)C(C)C1)C(C1CC1)C1CC1. The summed E-state index contributed by atoms with van der Waals surface area (Å²) >= 11 is 0. The Balaban J connectivity index is 1.17. The third-order valence-electron chi connectivity index (χ3n) is 12.1. The Kier molecular flexibility index (Phi) is 11.8. The molecule has 2 aliphatic carbocycles. The van der Waals surface area contributed by atoms with Gasteiger partial charge in [0.25, 0.3) is 5.91 Å². The number of hydrogen-bond acceptors (Lipinski definition) is 5. The Morgan fingerprint density at radius 1 is 0.855 bits per heavy atom. The molecule has 3 unspecified atom stereocenters. The predicted molar refractivity (Wildman–Crippen MR) is 218 cm³/mol. The number of ketones is 1. The maximum absolute atomic E-state index is 14.4. The second-order valence-electron chi connectivity index (χ2n) is 16.8. The highest BCUT2D eigenvalue weighted by atomic mass is 19.1. The van der Waals surface area contributed by atoms with Gasteiger partial charge in [0.15, 0.2) is 0 Å². The summed E-state index contributed by atoms with van der Waals surface area (Å²) in [6.07, 6.45) is 3.97. The van der Waals surface area contributed by atoms with Gasteiger partial charge < -0.3 is 20.1 Å². The highest BCUT2D eigenvalue weighted by molar-refractivity contribution is 6.12. The van der Waals surface area contributed by atoms with E-state index in [2.05, 4.69) is 23.7 Å². The lowest BCUT2D eigenvalue weighted by atomic mass is 9.75. The Morgan fingerprint density at radius 2 is 1.47 bits per heavy atom. The van der Waals surface area contributed by atoms with Crippen LogP contribution in [0.2, 0.25) is 0 Å². The lowest BCUT2D eigenvalue weighted by molar-refractivity contribution is -0.125. The molecule has 2 fully saturated rings. The molecule has 8 heteroatoms. The van der Waals surface area contributed by atoms with E-state index in [9.17, 15) is 24.2 Å². The molecule has 1 aromatic heterocycles. The number of anilines is 1. The number of para-hydroxylation sites is 1. The van der Waals surface area contributed by atoms with Crippen LogP contribution in [0.4, 0.5) is 10.1 Å². The summed E-state index contributed by atoms with van der Waals surface area (Å²) in [5, 5.41) is 26.0. The van der Waals surface area contributed by atoms with E-state index in [1.165, 1.54) is 37.8 Å². The van der Waals surface area contributed by atoms with Gasteiger partial charge in [-0.15, -0.1) is 0 Å². The number of aliphatic hydroxyl groups is 2. The highest BCUT2D eigenvalue weighted by Gasteiger charge is 2.50. The Labute approximate surface area is 325 Å². The van der Waals surface area contributed by atoms with Crippen LogP contribution in [-0.4, -0.2) is 50.4 Å². The number of nitrogens with one attached hydrogen (secondary N) is 1. The first-order valence-corrected chi connectivity index (χ1v) is 20.4. The molecule has 0 saturated heterocycles. The smallest absolute Gasteiger partial charge is 0.258 e. The fourth-order valence-electron chi connectivity index (χ4n) is 9.02. The molecule has 55 heavy (non-hydrogen) atoms. The molecule has 4 aromatic rings. The maximum Gasteiger partial charge on any atom is 0.258 e. The number of carbonyl (C=O) groups is 2. The number of benzene rings is 3. The van der Waals surface area contributed by atoms with Crippen molar-refractivity contribution in [3.05, 3.63) is 102 Å². The van der Waals surface area contributed by atoms with Gasteiger partial charge in [0.05, 0.1) is 29.4 Å². The predicted octanol–water partition coefficient (Wildman–Crippen LogP) is 9.72. The van der Waals surface area contributed by atoms with Crippen molar-refractivity contribution < 1.29 is 24.2 Å². The molecule has 2 heterocycles. The minimum atomic E-state index is -0.987. The van der Waals surface area contributed by atoms with E-state index in [1.54, 1.807) is 12.1 Å². The number of carbonyl (C=O) groups excluding carboxylic acids is 2. The zero-order chi connectivity index (χ0) is 38.8. The Hall–Kier alpha value is -4.40. The van der Waals surface area contributed by atoms with Crippen LogP contribution in [0.25, 0.3) is 22.4 Å². The van der Waals surface area contributed by atoms with E-state index >= 15 is 0 Å². The van der Waals surface area contributed by atoms with Crippen LogP contribution in [0, 0.1) is 35.4 Å². The molecule has 1 aliphatic heterocycles.